The molecule has 1 N–H and O–H groups in total. The summed E-state index contributed by atoms with van der Waals surface area (Å²) >= 11 is 0. The maximum Gasteiger partial charge on any atom is 0.309 e. The number of hydrogen-bond donors (Lipinski definition) is 1. The summed E-state index contributed by atoms with van der Waals surface area (Å²) in [5.41, 5.74) is 0. The van der Waals surface area contributed by atoms with Crippen molar-refractivity contribution < 1.29 is 29.0 Å². The molecule has 1 rings (SSSR count). The Labute approximate surface area is 98.9 Å². The van der Waals surface area contributed by atoms with Gasteiger partial charge in [0, 0.05) is 0 Å². The number of aliphatic carboxylic acids is 1. The Morgan fingerprint density at radius 3 is 2.00 bits per heavy atom. The molecule has 0 aromatic carbocycles. The van der Waals surface area contributed by atoms with Crippen molar-refractivity contribution in [2.24, 2.45) is 17.8 Å². The molecule has 0 amide bonds. The van der Waals surface area contributed by atoms with Crippen LogP contribution in [0.4, 0.5) is 0 Å². The number of methoxy groups -OCH3 is 2. The predicted molar refractivity (Wildman–Crippen MR) is 56.0 cm³/mol. The van der Waals surface area contributed by atoms with Crippen molar-refractivity contribution in [3.05, 3.63) is 0 Å². The smallest absolute Gasteiger partial charge is 0.309 e. The van der Waals surface area contributed by atoms with Gasteiger partial charge in [-0.1, -0.05) is 0 Å². The van der Waals surface area contributed by atoms with Crippen molar-refractivity contribution in [2.75, 3.05) is 14.2 Å². The number of carboxylic acid groups (broad SMARTS) is 1. The normalized spacial score (nSPS) is 28.2. The first kappa shape index (κ1) is 13.5. The summed E-state index contributed by atoms with van der Waals surface area (Å²) in [6.45, 7) is 0. The summed E-state index contributed by atoms with van der Waals surface area (Å²) in [6.07, 6.45) is 0.841. The minimum absolute atomic E-state index is 0.127. The van der Waals surface area contributed by atoms with Gasteiger partial charge in [-0.2, -0.15) is 0 Å². The average molecular weight is 244 g/mol. The van der Waals surface area contributed by atoms with Crippen LogP contribution in [0.1, 0.15) is 19.3 Å². The first-order valence-corrected chi connectivity index (χ1v) is 5.39. The third-order valence-electron chi connectivity index (χ3n) is 3.21. The van der Waals surface area contributed by atoms with Gasteiger partial charge in [0.15, 0.2) is 0 Å². The molecule has 0 bridgehead atoms. The molecule has 6 heteroatoms. The van der Waals surface area contributed by atoms with Crippen LogP contribution >= 0.6 is 0 Å². The summed E-state index contributed by atoms with van der Waals surface area (Å²) in [4.78, 5) is 33.9. The SMILES string of the molecule is COC(=O)C1CCC(C(=O)O)CC1C(=O)OC. The summed E-state index contributed by atoms with van der Waals surface area (Å²) in [7, 11) is 2.47. The first-order valence-electron chi connectivity index (χ1n) is 5.39. The van der Waals surface area contributed by atoms with Crippen molar-refractivity contribution in [1.29, 1.82) is 0 Å². The number of rotatable bonds is 3. The van der Waals surface area contributed by atoms with Crippen LogP contribution in [0.25, 0.3) is 0 Å². The molecule has 3 atom stereocenters. The van der Waals surface area contributed by atoms with Gasteiger partial charge in [-0.3, -0.25) is 14.4 Å². The Kier molecular flexibility index (Phi) is 4.48. The predicted octanol–water partition coefficient (Wildman–Crippen LogP) is 0.449. The fourth-order valence-electron chi connectivity index (χ4n) is 2.24. The van der Waals surface area contributed by atoms with E-state index in [1.54, 1.807) is 0 Å². The van der Waals surface area contributed by atoms with Gasteiger partial charge in [-0.25, -0.2) is 0 Å². The number of carbonyl (C=O) groups excluding carboxylic acids is 2. The van der Waals surface area contributed by atoms with Crippen LogP contribution in [0.5, 0.6) is 0 Å². The lowest BCUT2D eigenvalue weighted by Crippen LogP contribution is -2.38. The summed E-state index contributed by atoms with van der Waals surface area (Å²) in [5, 5.41) is 8.92. The van der Waals surface area contributed by atoms with Crippen molar-refractivity contribution in [1.82, 2.24) is 0 Å². The molecule has 0 heterocycles. The molecule has 0 aliphatic heterocycles. The lowest BCUT2D eigenvalue weighted by atomic mass is 9.74. The molecule has 0 spiro atoms. The molecule has 96 valence electrons. The minimum atomic E-state index is -0.942. The molecule has 1 saturated carbocycles. The topological polar surface area (TPSA) is 89.9 Å². The van der Waals surface area contributed by atoms with E-state index in [1.807, 2.05) is 0 Å². The van der Waals surface area contributed by atoms with Gasteiger partial charge >= 0.3 is 17.9 Å². The van der Waals surface area contributed by atoms with E-state index in [1.165, 1.54) is 14.2 Å². The van der Waals surface area contributed by atoms with E-state index in [9.17, 15) is 14.4 Å². The highest BCUT2D eigenvalue weighted by Gasteiger charge is 2.42. The van der Waals surface area contributed by atoms with Crippen LogP contribution in [-0.4, -0.2) is 37.2 Å². The van der Waals surface area contributed by atoms with Gasteiger partial charge in [-0.15, -0.1) is 0 Å². The number of carbonyl (C=O) groups is 3. The Bertz CT molecular complexity index is 324. The van der Waals surface area contributed by atoms with Crippen molar-refractivity contribution >= 4 is 17.9 Å². The molecule has 6 nitrogen and oxygen atoms in total. The van der Waals surface area contributed by atoms with Crippen LogP contribution in [0.3, 0.4) is 0 Å². The summed E-state index contributed by atoms with van der Waals surface area (Å²) < 4.78 is 9.22. The number of ether oxygens (including phenoxy) is 2. The van der Waals surface area contributed by atoms with E-state index in [4.69, 9.17) is 5.11 Å². The van der Waals surface area contributed by atoms with Gasteiger partial charge in [-0.05, 0) is 19.3 Å². The van der Waals surface area contributed by atoms with Gasteiger partial charge in [0.25, 0.3) is 0 Å². The molecule has 1 aliphatic carbocycles. The largest absolute Gasteiger partial charge is 0.481 e. The van der Waals surface area contributed by atoms with E-state index < -0.39 is 35.7 Å². The quantitative estimate of drug-likeness (QED) is 0.725. The molecule has 3 unspecified atom stereocenters. The van der Waals surface area contributed by atoms with E-state index in [-0.39, 0.29) is 6.42 Å². The number of esters is 2. The zero-order chi connectivity index (χ0) is 13.0. The maximum absolute atomic E-state index is 11.5. The van der Waals surface area contributed by atoms with Gasteiger partial charge in [0.05, 0.1) is 32.0 Å². The molecular weight excluding hydrogens is 228 g/mol. The second-order valence-corrected chi connectivity index (χ2v) is 4.11. The van der Waals surface area contributed by atoms with Crippen LogP contribution in [-0.2, 0) is 23.9 Å². The Morgan fingerprint density at radius 1 is 1.00 bits per heavy atom. The van der Waals surface area contributed by atoms with Gasteiger partial charge in [0.2, 0.25) is 0 Å². The lowest BCUT2D eigenvalue weighted by molar-refractivity contribution is -0.162. The molecule has 17 heavy (non-hydrogen) atoms. The Balaban J connectivity index is 2.83. The Hall–Kier alpha value is -1.59. The minimum Gasteiger partial charge on any atom is -0.481 e. The van der Waals surface area contributed by atoms with Crippen molar-refractivity contribution in [3.8, 4) is 0 Å². The molecule has 0 aromatic heterocycles. The van der Waals surface area contributed by atoms with Crippen LogP contribution in [0.2, 0.25) is 0 Å². The molecule has 1 fully saturated rings. The van der Waals surface area contributed by atoms with Gasteiger partial charge in [0.1, 0.15) is 0 Å². The third kappa shape index (κ3) is 2.95. The van der Waals surface area contributed by atoms with E-state index in [0.717, 1.165) is 0 Å². The second kappa shape index (κ2) is 5.65. The zero-order valence-corrected chi connectivity index (χ0v) is 9.84. The molecule has 0 aromatic rings. The highest BCUT2D eigenvalue weighted by atomic mass is 16.5. The first-order chi connectivity index (χ1) is 8.01. The molecule has 0 saturated heterocycles. The van der Waals surface area contributed by atoms with Crippen LogP contribution in [0.15, 0.2) is 0 Å². The molecular formula is C11H16O6. The lowest BCUT2D eigenvalue weighted by Gasteiger charge is -2.30. The monoisotopic (exact) mass is 244 g/mol. The third-order valence-corrected chi connectivity index (χ3v) is 3.21. The van der Waals surface area contributed by atoms with Crippen LogP contribution in [0, 0.1) is 17.8 Å². The van der Waals surface area contributed by atoms with Crippen LogP contribution < -0.4 is 0 Å². The molecule has 1 aliphatic rings. The van der Waals surface area contributed by atoms with E-state index in [2.05, 4.69) is 9.47 Å². The maximum atomic E-state index is 11.5. The van der Waals surface area contributed by atoms with Gasteiger partial charge < -0.3 is 14.6 Å². The van der Waals surface area contributed by atoms with Crippen molar-refractivity contribution in [2.45, 2.75) is 19.3 Å². The fraction of sp³-hybridized carbons (Fsp3) is 0.727. The van der Waals surface area contributed by atoms with E-state index in [0.29, 0.717) is 12.8 Å². The standard InChI is InChI=1S/C11H16O6/c1-16-10(14)7-4-3-6(9(12)13)5-8(7)11(15)17-2/h6-8H,3-5H2,1-2H3,(H,12,13). The molecule has 0 radical (unpaired) electrons. The average Bonchev–Trinajstić information content (AvgIpc) is 2.35. The van der Waals surface area contributed by atoms with E-state index >= 15 is 0 Å². The number of hydrogen-bond acceptors (Lipinski definition) is 5. The zero-order valence-electron chi connectivity index (χ0n) is 9.84. The highest BCUT2D eigenvalue weighted by molar-refractivity contribution is 5.83. The number of carboxylic acids is 1. The summed E-state index contributed by atoms with van der Waals surface area (Å²) in [5.74, 6) is -3.89. The highest BCUT2D eigenvalue weighted by Crippen LogP contribution is 2.35. The summed E-state index contributed by atoms with van der Waals surface area (Å²) in [6, 6.07) is 0. The van der Waals surface area contributed by atoms with Crippen molar-refractivity contribution in [3.63, 3.8) is 0 Å². The Morgan fingerprint density at radius 2 is 1.53 bits per heavy atom. The fourth-order valence-corrected chi connectivity index (χ4v) is 2.24. The second-order valence-electron chi connectivity index (χ2n) is 4.11.